The summed E-state index contributed by atoms with van der Waals surface area (Å²) in [6.07, 6.45) is 6.69. The smallest absolute Gasteiger partial charge is 0.236 e. The number of carbonyl (C=O) groups excluding carboxylic acids is 1. The second kappa shape index (κ2) is 7.01. The fourth-order valence-electron chi connectivity index (χ4n) is 2.33. The van der Waals surface area contributed by atoms with Gasteiger partial charge in [0.05, 0.1) is 12.6 Å². The van der Waals surface area contributed by atoms with Crippen molar-refractivity contribution in [3.63, 3.8) is 0 Å². The van der Waals surface area contributed by atoms with Crippen LogP contribution in [0.15, 0.2) is 6.20 Å². The molecule has 19 heavy (non-hydrogen) atoms. The van der Waals surface area contributed by atoms with Gasteiger partial charge in [-0.1, -0.05) is 12.8 Å². The summed E-state index contributed by atoms with van der Waals surface area (Å²) in [6.45, 7) is 6.38. The van der Waals surface area contributed by atoms with Gasteiger partial charge in [0.2, 0.25) is 5.91 Å². The van der Waals surface area contributed by atoms with Gasteiger partial charge in [0, 0.05) is 24.2 Å². The Balaban J connectivity index is 1.79. The maximum Gasteiger partial charge on any atom is 0.236 e. The molecule has 1 N–H and O–H groups in total. The van der Waals surface area contributed by atoms with Crippen LogP contribution in [0.3, 0.4) is 0 Å². The zero-order valence-electron chi connectivity index (χ0n) is 11.8. The van der Waals surface area contributed by atoms with Crippen LogP contribution in [-0.4, -0.2) is 35.4 Å². The van der Waals surface area contributed by atoms with Crippen molar-refractivity contribution in [2.24, 2.45) is 0 Å². The Morgan fingerprint density at radius 1 is 1.42 bits per heavy atom. The van der Waals surface area contributed by atoms with Crippen molar-refractivity contribution in [3.8, 4) is 0 Å². The van der Waals surface area contributed by atoms with Crippen LogP contribution < -0.4 is 5.32 Å². The minimum absolute atomic E-state index is 0.148. The first-order valence-corrected chi connectivity index (χ1v) is 7.92. The SMILES string of the molecule is Cc1cnc(C(C)NCC(=O)N2CCCCCC2)s1. The highest BCUT2D eigenvalue weighted by molar-refractivity contribution is 7.11. The average molecular weight is 281 g/mol. The first-order valence-electron chi connectivity index (χ1n) is 7.10. The first kappa shape index (κ1) is 14.5. The summed E-state index contributed by atoms with van der Waals surface area (Å²) >= 11 is 1.69. The number of thiazole rings is 1. The van der Waals surface area contributed by atoms with Crippen molar-refractivity contribution in [2.45, 2.75) is 45.6 Å². The lowest BCUT2D eigenvalue weighted by Crippen LogP contribution is -2.39. The monoisotopic (exact) mass is 281 g/mol. The molecule has 2 heterocycles. The third-order valence-electron chi connectivity index (χ3n) is 3.53. The molecule has 5 heteroatoms. The molecule has 0 aromatic carbocycles. The highest BCUT2D eigenvalue weighted by Gasteiger charge is 2.17. The van der Waals surface area contributed by atoms with Crippen LogP contribution >= 0.6 is 11.3 Å². The van der Waals surface area contributed by atoms with E-state index in [0.717, 1.165) is 30.9 Å². The quantitative estimate of drug-likeness (QED) is 0.922. The van der Waals surface area contributed by atoms with E-state index in [9.17, 15) is 4.79 Å². The number of aromatic nitrogens is 1. The first-order chi connectivity index (χ1) is 9.16. The van der Waals surface area contributed by atoms with E-state index in [-0.39, 0.29) is 11.9 Å². The molecule has 1 fully saturated rings. The molecular weight excluding hydrogens is 258 g/mol. The lowest BCUT2D eigenvalue weighted by atomic mass is 10.2. The lowest BCUT2D eigenvalue weighted by Gasteiger charge is -2.21. The largest absolute Gasteiger partial charge is 0.342 e. The van der Waals surface area contributed by atoms with Crippen molar-refractivity contribution in [1.29, 1.82) is 0 Å². The van der Waals surface area contributed by atoms with Crippen LogP contribution in [-0.2, 0) is 4.79 Å². The summed E-state index contributed by atoms with van der Waals surface area (Å²) in [4.78, 5) is 19.7. The molecule has 1 unspecified atom stereocenters. The van der Waals surface area contributed by atoms with Crippen molar-refractivity contribution in [2.75, 3.05) is 19.6 Å². The number of amides is 1. The second-order valence-electron chi connectivity index (χ2n) is 5.21. The molecule has 0 radical (unpaired) electrons. The van der Waals surface area contributed by atoms with Gasteiger partial charge in [-0.05, 0) is 26.7 Å². The Hall–Kier alpha value is -0.940. The number of nitrogens with one attached hydrogen (secondary N) is 1. The van der Waals surface area contributed by atoms with E-state index in [1.165, 1.54) is 17.7 Å². The van der Waals surface area contributed by atoms with E-state index in [4.69, 9.17) is 0 Å². The third kappa shape index (κ3) is 4.28. The van der Waals surface area contributed by atoms with Crippen molar-refractivity contribution in [3.05, 3.63) is 16.1 Å². The summed E-state index contributed by atoms with van der Waals surface area (Å²) in [5, 5.41) is 4.34. The summed E-state index contributed by atoms with van der Waals surface area (Å²) in [7, 11) is 0. The van der Waals surface area contributed by atoms with Crippen molar-refractivity contribution < 1.29 is 4.79 Å². The maximum atomic E-state index is 12.1. The van der Waals surface area contributed by atoms with E-state index in [1.54, 1.807) is 11.3 Å². The number of hydrogen-bond donors (Lipinski definition) is 1. The van der Waals surface area contributed by atoms with Gasteiger partial charge in [-0.3, -0.25) is 10.1 Å². The Kier molecular flexibility index (Phi) is 5.34. The topological polar surface area (TPSA) is 45.2 Å². The van der Waals surface area contributed by atoms with Gasteiger partial charge in [-0.15, -0.1) is 11.3 Å². The van der Waals surface area contributed by atoms with E-state index >= 15 is 0 Å². The van der Waals surface area contributed by atoms with Gasteiger partial charge in [-0.2, -0.15) is 0 Å². The summed E-state index contributed by atoms with van der Waals surface area (Å²) in [5.41, 5.74) is 0. The average Bonchev–Trinajstić information content (AvgIpc) is 2.68. The molecular formula is C14H23N3OS. The number of carbonyl (C=O) groups is 1. The lowest BCUT2D eigenvalue weighted by molar-refractivity contribution is -0.130. The molecule has 2 rings (SSSR count). The third-order valence-corrected chi connectivity index (χ3v) is 4.62. The summed E-state index contributed by atoms with van der Waals surface area (Å²) in [6, 6.07) is 0.148. The minimum atomic E-state index is 0.148. The number of hydrogen-bond acceptors (Lipinski definition) is 4. The van der Waals surface area contributed by atoms with E-state index in [0.29, 0.717) is 6.54 Å². The van der Waals surface area contributed by atoms with E-state index < -0.39 is 0 Å². The molecule has 0 aliphatic carbocycles. The summed E-state index contributed by atoms with van der Waals surface area (Å²) < 4.78 is 0. The van der Waals surface area contributed by atoms with Crippen LogP contribution in [0.4, 0.5) is 0 Å². The minimum Gasteiger partial charge on any atom is -0.342 e. The molecule has 1 saturated heterocycles. The van der Waals surface area contributed by atoms with Gasteiger partial charge in [0.1, 0.15) is 5.01 Å². The van der Waals surface area contributed by atoms with Crippen LogP contribution in [0.5, 0.6) is 0 Å². The number of likely N-dealkylation sites (tertiary alicyclic amines) is 1. The molecule has 1 aliphatic rings. The fourth-order valence-corrected chi connectivity index (χ4v) is 3.13. The number of rotatable bonds is 4. The van der Waals surface area contributed by atoms with Crippen molar-refractivity contribution >= 4 is 17.2 Å². The van der Waals surface area contributed by atoms with Gasteiger partial charge in [-0.25, -0.2) is 4.98 Å². The Bertz CT molecular complexity index is 411. The molecule has 0 saturated carbocycles. The molecule has 1 atom stereocenters. The highest BCUT2D eigenvalue weighted by Crippen LogP contribution is 2.18. The fraction of sp³-hybridized carbons (Fsp3) is 0.714. The Labute approximate surface area is 119 Å². The van der Waals surface area contributed by atoms with Crippen LogP contribution in [0, 0.1) is 6.92 Å². The van der Waals surface area contributed by atoms with Gasteiger partial charge < -0.3 is 4.90 Å². The second-order valence-corrected chi connectivity index (χ2v) is 6.47. The van der Waals surface area contributed by atoms with Crippen LogP contribution in [0.25, 0.3) is 0 Å². The molecule has 106 valence electrons. The van der Waals surface area contributed by atoms with Gasteiger partial charge >= 0.3 is 0 Å². The number of nitrogens with zero attached hydrogens (tertiary/aromatic N) is 2. The van der Waals surface area contributed by atoms with Gasteiger partial charge in [0.15, 0.2) is 0 Å². The normalized spacial score (nSPS) is 18.1. The zero-order chi connectivity index (χ0) is 13.7. The Morgan fingerprint density at radius 3 is 2.68 bits per heavy atom. The number of aryl methyl sites for hydroxylation is 1. The molecule has 0 bridgehead atoms. The molecule has 4 nitrogen and oxygen atoms in total. The van der Waals surface area contributed by atoms with Crippen LogP contribution in [0.1, 0.15) is 48.5 Å². The molecule has 1 amide bonds. The maximum absolute atomic E-state index is 12.1. The molecule has 1 aromatic rings. The molecule has 0 spiro atoms. The van der Waals surface area contributed by atoms with Crippen molar-refractivity contribution in [1.82, 2.24) is 15.2 Å². The van der Waals surface area contributed by atoms with Crippen LogP contribution in [0.2, 0.25) is 0 Å². The van der Waals surface area contributed by atoms with E-state index in [2.05, 4.69) is 24.1 Å². The molecule has 1 aromatic heterocycles. The highest BCUT2D eigenvalue weighted by atomic mass is 32.1. The van der Waals surface area contributed by atoms with Gasteiger partial charge in [0.25, 0.3) is 0 Å². The standard InChI is InChI=1S/C14H23N3OS/c1-11-9-16-14(19-11)12(2)15-10-13(18)17-7-5-3-4-6-8-17/h9,12,15H,3-8,10H2,1-2H3. The predicted molar refractivity (Wildman–Crippen MR) is 78.3 cm³/mol. The van der Waals surface area contributed by atoms with E-state index in [1.807, 2.05) is 11.1 Å². The molecule has 1 aliphatic heterocycles. The Morgan fingerprint density at radius 2 is 2.11 bits per heavy atom. The summed E-state index contributed by atoms with van der Waals surface area (Å²) in [5.74, 6) is 0.224. The predicted octanol–water partition coefficient (Wildman–Crippen LogP) is 2.50. The zero-order valence-corrected chi connectivity index (χ0v) is 12.6.